The van der Waals surface area contributed by atoms with Crippen molar-refractivity contribution in [3.63, 3.8) is 0 Å². The lowest BCUT2D eigenvalue weighted by Crippen LogP contribution is -2.39. The van der Waals surface area contributed by atoms with E-state index in [0.717, 1.165) is 0 Å². The first-order chi connectivity index (χ1) is 10.6. The molecule has 1 saturated heterocycles. The molecule has 0 aliphatic carbocycles. The van der Waals surface area contributed by atoms with Gasteiger partial charge in [0.2, 0.25) is 0 Å². The highest BCUT2D eigenvalue weighted by Gasteiger charge is 2.28. The number of nitrogens with zero attached hydrogens (tertiary/aromatic N) is 1. The first-order valence-corrected chi connectivity index (χ1v) is 7.28. The Labute approximate surface area is 129 Å². The molecule has 0 bridgehead atoms. The Bertz CT molecular complexity index is 527. The highest BCUT2D eigenvalue weighted by atomic mass is 16.5. The van der Waals surface area contributed by atoms with Crippen LogP contribution in [0.5, 0.6) is 11.5 Å². The number of hydrogen-bond acceptors (Lipinski definition) is 4. The summed E-state index contributed by atoms with van der Waals surface area (Å²) in [6.07, 6.45) is 1.57. The minimum atomic E-state index is -0.781. The molecule has 0 spiro atoms. The lowest BCUT2D eigenvalue weighted by Gasteiger charge is -2.32. The number of piperidine rings is 1. The monoisotopic (exact) mass is 307 g/mol. The molecule has 1 aromatic rings. The summed E-state index contributed by atoms with van der Waals surface area (Å²) >= 11 is 0. The van der Waals surface area contributed by atoms with E-state index in [1.54, 1.807) is 23.1 Å². The van der Waals surface area contributed by atoms with Gasteiger partial charge in [0.15, 0.2) is 0 Å². The fourth-order valence-electron chi connectivity index (χ4n) is 2.81. The Morgan fingerprint density at radius 3 is 2.18 bits per heavy atom. The van der Waals surface area contributed by atoms with Crippen molar-refractivity contribution in [2.24, 2.45) is 5.92 Å². The second-order valence-corrected chi connectivity index (χ2v) is 5.37. The van der Waals surface area contributed by atoms with Crippen LogP contribution in [-0.4, -0.2) is 49.2 Å². The molecular weight excluding hydrogens is 286 g/mol. The third-order valence-electron chi connectivity index (χ3n) is 4.01. The van der Waals surface area contributed by atoms with E-state index < -0.39 is 5.97 Å². The molecule has 1 amide bonds. The smallest absolute Gasteiger partial charge is 0.303 e. The summed E-state index contributed by atoms with van der Waals surface area (Å²) in [5, 5.41) is 8.84. The van der Waals surface area contributed by atoms with Crippen molar-refractivity contribution in [3.8, 4) is 11.5 Å². The van der Waals surface area contributed by atoms with E-state index in [4.69, 9.17) is 14.6 Å². The molecule has 6 heteroatoms. The second-order valence-electron chi connectivity index (χ2n) is 5.37. The molecule has 6 nitrogen and oxygen atoms in total. The molecule has 0 unspecified atom stereocenters. The molecule has 2 rings (SSSR count). The topological polar surface area (TPSA) is 76.1 Å². The maximum Gasteiger partial charge on any atom is 0.303 e. The molecule has 1 fully saturated rings. The molecule has 1 N–H and O–H groups in total. The lowest BCUT2D eigenvalue weighted by atomic mass is 9.93. The van der Waals surface area contributed by atoms with Gasteiger partial charge in [0.1, 0.15) is 17.1 Å². The fourth-order valence-corrected chi connectivity index (χ4v) is 2.81. The van der Waals surface area contributed by atoms with Gasteiger partial charge in [-0.05, 0) is 30.9 Å². The minimum absolute atomic E-state index is 0.136. The molecule has 1 aliphatic heterocycles. The van der Waals surface area contributed by atoms with Gasteiger partial charge in [-0.3, -0.25) is 9.59 Å². The molecule has 1 aliphatic rings. The number of carbonyl (C=O) groups is 2. The average Bonchev–Trinajstić information content (AvgIpc) is 2.53. The van der Waals surface area contributed by atoms with Gasteiger partial charge >= 0.3 is 5.97 Å². The Morgan fingerprint density at radius 1 is 1.18 bits per heavy atom. The van der Waals surface area contributed by atoms with Gasteiger partial charge in [-0.2, -0.15) is 0 Å². The number of carboxylic acid groups (broad SMARTS) is 1. The maximum absolute atomic E-state index is 12.7. The van der Waals surface area contributed by atoms with Crippen LogP contribution in [0.25, 0.3) is 0 Å². The summed E-state index contributed by atoms with van der Waals surface area (Å²) in [5.74, 6) is 0.189. The second kappa shape index (κ2) is 7.15. The minimum Gasteiger partial charge on any atom is -0.496 e. The molecular formula is C16H21NO5. The van der Waals surface area contributed by atoms with Crippen LogP contribution in [0.3, 0.4) is 0 Å². The molecule has 0 saturated carbocycles. The van der Waals surface area contributed by atoms with Crippen LogP contribution in [-0.2, 0) is 4.79 Å². The zero-order chi connectivity index (χ0) is 16.1. The molecule has 1 heterocycles. The zero-order valence-electron chi connectivity index (χ0n) is 12.9. The third-order valence-corrected chi connectivity index (χ3v) is 4.01. The Kier molecular flexibility index (Phi) is 5.25. The van der Waals surface area contributed by atoms with Crippen molar-refractivity contribution in [2.75, 3.05) is 27.3 Å². The van der Waals surface area contributed by atoms with E-state index in [9.17, 15) is 9.59 Å². The van der Waals surface area contributed by atoms with Crippen LogP contribution in [0.1, 0.15) is 29.6 Å². The van der Waals surface area contributed by atoms with Crippen LogP contribution in [0.15, 0.2) is 18.2 Å². The van der Waals surface area contributed by atoms with Crippen molar-refractivity contribution in [3.05, 3.63) is 23.8 Å². The predicted octanol–water partition coefficient (Wildman–Crippen LogP) is 2.03. The first-order valence-electron chi connectivity index (χ1n) is 7.28. The summed E-state index contributed by atoms with van der Waals surface area (Å²) in [6.45, 7) is 1.11. The van der Waals surface area contributed by atoms with Gasteiger partial charge in [0, 0.05) is 19.5 Å². The van der Waals surface area contributed by atoms with Gasteiger partial charge < -0.3 is 19.5 Å². The molecule has 0 aromatic heterocycles. The molecule has 120 valence electrons. The first kappa shape index (κ1) is 16.1. The molecule has 22 heavy (non-hydrogen) atoms. The van der Waals surface area contributed by atoms with Crippen molar-refractivity contribution >= 4 is 11.9 Å². The van der Waals surface area contributed by atoms with Gasteiger partial charge in [-0.15, -0.1) is 0 Å². The van der Waals surface area contributed by atoms with Crippen molar-refractivity contribution in [1.82, 2.24) is 4.90 Å². The van der Waals surface area contributed by atoms with Crippen LogP contribution < -0.4 is 9.47 Å². The van der Waals surface area contributed by atoms with Gasteiger partial charge in [0.25, 0.3) is 5.91 Å². The number of carbonyl (C=O) groups excluding carboxylic acids is 1. The number of hydrogen-bond donors (Lipinski definition) is 1. The summed E-state index contributed by atoms with van der Waals surface area (Å²) < 4.78 is 10.5. The number of aliphatic carboxylic acids is 1. The highest BCUT2D eigenvalue weighted by molar-refractivity contribution is 5.99. The fraction of sp³-hybridized carbons (Fsp3) is 0.500. The van der Waals surface area contributed by atoms with E-state index in [1.807, 2.05) is 0 Å². The summed E-state index contributed by atoms with van der Waals surface area (Å²) in [5.41, 5.74) is 0.421. The number of amides is 1. The van der Waals surface area contributed by atoms with Gasteiger partial charge in [0.05, 0.1) is 14.2 Å². The standard InChI is InChI=1S/C16H21NO5/c1-21-12-4-3-5-13(22-2)15(12)16(20)17-8-6-11(7-9-17)10-14(18)19/h3-5,11H,6-10H2,1-2H3,(H,18,19). The van der Waals surface area contributed by atoms with Crippen molar-refractivity contribution in [2.45, 2.75) is 19.3 Å². The Hall–Kier alpha value is -2.24. The van der Waals surface area contributed by atoms with Gasteiger partial charge in [-0.1, -0.05) is 6.07 Å². The molecule has 0 radical (unpaired) electrons. The normalized spacial score (nSPS) is 15.5. The Balaban J connectivity index is 2.12. The third kappa shape index (κ3) is 3.50. The number of ether oxygens (including phenoxy) is 2. The predicted molar refractivity (Wildman–Crippen MR) is 80.4 cm³/mol. The number of likely N-dealkylation sites (tertiary alicyclic amines) is 1. The number of carboxylic acids is 1. The van der Waals surface area contributed by atoms with Crippen molar-refractivity contribution in [1.29, 1.82) is 0 Å². The van der Waals surface area contributed by atoms with Crippen LogP contribution in [0.2, 0.25) is 0 Å². The maximum atomic E-state index is 12.7. The summed E-state index contributed by atoms with van der Waals surface area (Å²) in [6, 6.07) is 5.23. The lowest BCUT2D eigenvalue weighted by molar-refractivity contribution is -0.138. The van der Waals surface area contributed by atoms with Crippen LogP contribution in [0.4, 0.5) is 0 Å². The molecule has 0 atom stereocenters. The number of benzene rings is 1. The zero-order valence-corrected chi connectivity index (χ0v) is 12.9. The van der Waals surface area contributed by atoms with E-state index in [2.05, 4.69) is 0 Å². The summed E-state index contributed by atoms with van der Waals surface area (Å²) in [7, 11) is 3.04. The number of methoxy groups -OCH3 is 2. The summed E-state index contributed by atoms with van der Waals surface area (Å²) in [4.78, 5) is 25.2. The highest BCUT2D eigenvalue weighted by Crippen LogP contribution is 2.31. The largest absolute Gasteiger partial charge is 0.496 e. The van der Waals surface area contributed by atoms with E-state index in [-0.39, 0.29) is 18.2 Å². The average molecular weight is 307 g/mol. The van der Waals surface area contributed by atoms with Crippen molar-refractivity contribution < 1.29 is 24.2 Å². The van der Waals surface area contributed by atoms with Crippen LogP contribution in [0, 0.1) is 5.92 Å². The SMILES string of the molecule is COc1cccc(OC)c1C(=O)N1CCC(CC(=O)O)CC1. The quantitative estimate of drug-likeness (QED) is 0.900. The van der Waals surface area contributed by atoms with E-state index in [1.165, 1.54) is 14.2 Å². The Morgan fingerprint density at radius 2 is 1.73 bits per heavy atom. The van der Waals surface area contributed by atoms with Crippen LogP contribution >= 0.6 is 0 Å². The molecule has 1 aromatic carbocycles. The van der Waals surface area contributed by atoms with E-state index >= 15 is 0 Å². The van der Waals surface area contributed by atoms with Gasteiger partial charge in [-0.25, -0.2) is 0 Å². The van der Waals surface area contributed by atoms with E-state index in [0.29, 0.717) is 43.0 Å². The number of rotatable bonds is 5.